The van der Waals surface area contributed by atoms with Crippen molar-refractivity contribution in [2.24, 2.45) is 0 Å². The van der Waals surface area contributed by atoms with E-state index in [1.54, 1.807) is 13.2 Å². The van der Waals surface area contributed by atoms with E-state index in [1.165, 1.54) is 6.20 Å². The summed E-state index contributed by atoms with van der Waals surface area (Å²) in [5.41, 5.74) is 6.18. The lowest BCUT2D eigenvalue weighted by atomic mass is 10.3. The number of hydrogen-bond acceptors (Lipinski definition) is 4. The maximum absolute atomic E-state index is 5.65. The Labute approximate surface area is 108 Å². The molecule has 5 heteroatoms. The smallest absolute Gasteiger partial charge is 0.233 e. The normalized spacial score (nSPS) is 10.0. The minimum Gasteiger partial charge on any atom is -0.493 e. The quantitative estimate of drug-likeness (QED) is 0.944. The van der Waals surface area contributed by atoms with E-state index in [2.05, 4.69) is 20.9 Å². The first-order valence-electron chi connectivity index (χ1n) is 4.92. The summed E-state index contributed by atoms with van der Waals surface area (Å²) in [4.78, 5) is 4.10. The number of methoxy groups -OCH3 is 1. The molecule has 0 aliphatic carbocycles. The molecule has 0 saturated heterocycles. The average molecular weight is 295 g/mol. The highest BCUT2D eigenvalue weighted by molar-refractivity contribution is 9.10. The molecule has 2 N–H and O–H groups in total. The van der Waals surface area contributed by atoms with E-state index in [0.717, 1.165) is 0 Å². The van der Waals surface area contributed by atoms with E-state index in [0.29, 0.717) is 27.5 Å². The number of anilines is 1. The number of nitrogens with two attached hydrogens (primary N) is 1. The third kappa shape index (κ3) is 2.68. The second kappa shape index (κ2) is 5.05. The first-order valence-corrected chi connectivity index (χ1v) is 5.72. The Morgan fingerprint density at radius 3 is 2.59 bits per heavy atom. The highest BCUT2D eigenvalue weighted by Crippen LogP contribution is 2.33. The highest BCUT2D eigenvalue weighted by atomic mass is 79.9. The van der Waals surface area contributed by atoms with E-state index in [1.807, 2.05) is 24.3 Å². The number of hydrogen-bond donors (Lipinski definition) is 1. The van der Waals surface area contributed by atoms with E-state index >= 15 is 0 Å². The summed E-state index contributed by atoms with van der Waals surface area (Å²) in [6.07, 6.45) is 1.54. The van der Waals surface area contributed by atoms with Crippen LogP contribution in [0, 0.1) is 0 Å². The van der Waals surface area contributed by atoms with Gasteiger partial charge in [0.2, 0.25) is 5.88 Å². The van der Waals surface area contributed by atoms with E-state index < -0.39 is 0 Å². The van der Waals surface area contributed by atoms with Crippen LogP contribution in [0.4, 0.5) is 5.69 Å². The van der Waals surface area contributed by atoms with Gasteiger partial charge in [0.15, 0.2) is 11.5 Å². The molecule has 88 valence electrons. The molecule has 0 aliphatic heterocycles. The second-order valence-corrected chi connectivity index (χ2v) is 4.16. The molecule has 2 aromatic rings. The largest absolute Gasteiger partial charge is 0.493 e. The summed E-state index contributed by atoms with van der Waals surface area (Å²) in [6, 6.07) is 9.10. The lowest BCUT2D eigenvalue weighted by molar-refractivity contribution is 0.373. The molecule has 0 saturated carbocycles. The summed E-state index contributed by atoms with van der Waals surface area (Å²) in [6.45, 7) is 0. The van der Waals surface area contributed by atoms with Crippen molar-refractivity contribution in [2.45, 2.75) is 0 Å². The van der Waals surface area contributed by atoms with Gasteiger partial charge in [0.1, 0.15) is 0 Å². The topological polar surface area (TPSA) is 57.4 Å². The van der Waals surface area contributed by atoms with Crippen LogP contribution >= 0.6 is 15.9 Å². The standard InChI is InChI=1S/C12H11BrN2O2/c1-16-10-4-2-3-5-11(10)17-12-9(13)6-8(14)7-15-12/h2-7H,14H2,1H3. The number of pyridine rings is 1. The zero-order valence-corrected chi connectivity index (χ0v) is 10.8. The molecule has 0 atom stereocenters. The van der Waals surface area contributed by atoms with Gasteiger partial charge in [-0.05, 0) is 34.1 Å². The summed E-state index contributed by atoms with van der Waals surface area (Å²) in [5, 5.41) is 0. The Kier molecular flexibility index (Phi) is 3.49. The van der Waals surface area contributed by atoms with Crippen molar-refractivity contribution in [1.82, 2.24) is 4.98 Å². The first-order chi connectivity index (χ1) is 8.20. The second-order valence-electron chi connectivity index (χ2n) is 3.31. The molecular formula is C12H11BrN2O2. The van der Waals surface area contributed by atoms with Crippen LogP contribution in [-0.4, -0.2) is 12.1 Å². The van der Waals surface area contributed by atoms with Gasteiger partial charge in [-0.2, -0.15) is 0 Å². The number of nitrogen functional groups attached to an aromatic ring is 1. The molecule has 1 aromatic heterocycles. The number of nitrogens with zero attached hydrogens (tertiary/aromatic N) is 1. The maximum atomic E-state index is 5.65. The summed E-state index contributed by atoms with van der Waals surface area (Å²) in [5.74, 6) is 1.70. The number of rotatable bonds is 3. The fourth-order valence-corrected chi connectivity index (χ4v) is 1.77. The molecule has 2 rings (SSSR count). The Morgan fingerprint density at radius 1 is 1.24 bits per heavy atom. The van der Waals surface area contributed by atoms with Crippen LogP contribution in [0.25, 0.3) is 0 Å². The Bertz CT molecular complexity index is 532. The van der Waals surface area contributed by atoms with Crippen molar-refractivity contribution in [2.75, 3.05) is 12.8 Å². The van der Waals surface area contributed by atoms with Gasteiger partial charge in [0.25, 0.3) is 0 Å². The van der Waals surface area contributed by atoms with E-state index in [9.17, 15) is 0 Å². The van der Waals surface area contributed by atoms with Gasteiger partial charge in [-0.25, -0.2) is 4.98 Å². The Morgan fingerprint density at radius 2 is 1.94 bits per heavy atom. The number of para-hydroxylation sites is 2. The predicted octanol–water partition coefficient (Wildman–Crippen LogP) is 3.23. The molecule has 0 aliphatic rings. The summed E-state index contributed by atoms with van der Waals surface area (Å²) < 4.78 is 11.5. The third-order valence-corrected chi connectivity index (χ3v) is 2.67. The molecule has 1 heterocycles. The van der Waals surface area contributed by atoms with Gasteiger partial charge in [-0.1, -0.05) is 12.1 Å². The van der Waals surface area contributed by atoms with Crippen LogP contribution in [0.3, 0.4) is 0 Å². The zero-order valence-electron chi connectivity index (χ0n) is 9.18. The van der Waals surface area contributed by atoms with Crippen molar-refractivity contribution in [3.8, 4) is 17.4 Å². The molecule has 0 radical (unpaired) electrons. The average Bonchev–Trinajstić information content (AvgIpc) is 2.33. The lowest BCUT2D eigenvalue weighted by Crippen LogP contribution is -1.94. The highest BCUT2D eigenvalue weighted by Gasteiger charge is 2.08. The fourth-order valence-electron chi connectivity index (χ4n) is 1.32. The van der Waals surface area contributed by atoms with Gasteiger partial charge in [0.05, 0.1) is 23.5 Å². The first kappa shape index (κ1) is 11.7. The Hall–Kier alpha value is -1.75. The SMILES string of the molecule is COc1ccccc1Oc1ncc(N)cc1Br. The van der Waals surface area contributed by atoms with Crippen molar-refractivity contribution in [3.05, 3.63) is 41.0 Å². The monoisotopic (exact) mass is 294 g/mol. The van der Waals surface area contributed by atoms with Gasteiger partial charge in [-0.3, -0.25) is 0 Å². The van der Waals surface area contributed by atoms with Crippen molar-refractivity contribution >= 4 is 21.6 Å². The third-order valence-electron chi connectivity index (χ3n) is 2.10. The minimum absolute atomic E-state index is 0.448. The fraction of sp³-hybridized carbons (Fsp3) is 0.0833. The van der Waals surface area contributed by atoms with Gasteiger partial charge < -0.3 is 15.2 Å². The molecule has 17 heavy (non-hydrogen) atoms. The Balaban J connectivity index is 2.31. The summed E-state index contributed by atoms with van der Waals surface area (Å²) >= 11 is 3.34. The van der Waals surface area contributed by atoms with E-state index in [-0.39, 0.29) is 0 Å². The van der Waals surface area contributed by atoms with Crippen LogP contribution in [0.2, 0.25) is 0 Å². The van der Waals surface area contributed by atoms with Crippen LogP contribution in [-0.2, 0) is 0 Å². The molecular weight excluding hydrogens is 284 g/mol. The molecule has 0 fully saturated rings. The van der Waals surface area contributed by atoms with Crippen molar-refractivity contribution < 1.29 is 9.47 Å². The number of aromatic nitrogens is 1. The zero-order chi connectivity index (χ0) is 12.3. The van der Waals surface area contributed by atoms with Crippen LogP contribution in [0.1, 0.15) is 0 Å². The lowest BCUT2D eigenvalue weighted by Gasteiger charge is -2.10. The number of benzene rings is 1. The van der Waals surface area contributed by atoms with Crippen LogP contribution in [0.15, 0.2) is 41.0 Å². The maximum Gasteiger partial charge on any atom is 0.233 e. The van der Waals surface area contributed by atoms with Gasteiger partial charge in [-0.15, -0.1) is 0 Å². The van der Waals surface area contributed by atoms with Crippen molar-refractivity contribution in [1.29, 1.82) is 0 Å². The molecule has 0 bridgehead atoms. The van der Waals surface area contributed by atoms with Gasteiger partial charge in [0, 0.05) is 0 Å². The number of halogens is 1. The molecule has 4 nitrogen and oxygen atoms in total. The minimum atomic E-state index is 0.448. The van der Waals surface area contributed by atoms with E-state index in [4.69, 9.17) is 15.2 Å². The van der Waals surface area contributed by atoms with Crippen molar-refractivity contribution in [3.63, 3.8) is 0 Å². The molecule has 1 aromatic carbocycles. The summed E-state index contributed by atoms with van der Waals surface area (Å²) in [7, 11) is 1.59. The van der Waals surface area contributed by atoms with Crippen LogP contribution in [0.5, 0.6) is 17.4 Å². The molecule has 0 spiro atoms. The van der Waals surface area contributed by atoms with Gasteiger partial charge >= 0.3 is 0 Å². The molecule has 0 unspecified atom stereocenters. The van der Waals surface area contributed by atoms with Crippen LogP contribution < -0.4 is 15.2 Å². The number of ether oxygens (including phenoxy) is 2. The predicted molar refractivity (Wildman–Crippen MR) is 69.4 cm³/mol. The molecule has 0 amide bonds.